The summed E-state index contributed by atoms with van der Waals surface area (Å²) in [5, 5.41) is 10.7. The Morgan fingerprint density at radius 1 is 0.870 bits per heavy atom. The smallest absolute Gasteiger partial charge is 0.123 e. The molecule has 3 aromatic rings. The van der Waals surface area contributed by atoms with Crippen LogP contribution in [0.1, 0.15) is 17.0 Å². The molecule has 1 N–H and O–H groups in total. The standard InChI is InChI=1S/C20H16ClNO/c1-14-18(19-4-2-3-5-20(19)23)13-12-17(22-14)11-8-15-6-9-16(21)10-7-15/h2-13,23H,1H3. The Morgan fingerprint density at radius 3 is 2.30 bits per heavy atom. The van der Waals surface area contributed by atoms with E-state index in [4.69, 9.17) is 11.6 Å². The number of nitrogens with zero attached hydrogens (tertiary/aromatic N) is 1. The molecule has 2 nitrogen and oxygen atoms in total. The number of phenolic OH excluding ortho intramolecular Hbond substituents is 1. The number of pyridine rings is 1. The molecule has 0 saturated carbocycles. The number of rotatable bonds is 3. The van der Waals surface area contributed by atoms with Crippen molar-refractivity contribution in [1.82, 2.24) is 4.98 Å². The molecule has 0 radical (unpaired) electrons. The van der Waals surface area contributed by atoms with Crippen LogP contribution in [0, 0.1) is 6.92 Å². The number of aromatic hydroxyl groups is 1. The Bertz CT molecular complexity index is 854. The van der Waals surface area contributed by atoms with Crippen molar-refractivity contribution in [3.8, 4) is 16.9 Å². The van der Waals surface area contributed by atoms with Crippen LogP contribution in [0.2, 0.25) is 5.02 Å². The minimum Gasteiger partial charge on any atom is -0.507 e. The van der Waals surface area contributed by atoms with E-state index in [1.54, 1.807) is 6.07 Å². The number of hydrogen-bond donors (Lipinski definition) is 1. The van der Waals surface area contributed by atoms with Crippen molar-refractivity contribution in [1.29, 1.82) is 0 Å². The fourth-order valence-electron chi connectivity index (χ4n) is 2.41. The Labute approximate surface area is 140 Å². The van der Waals surface area contributed by atoms with Crippen LogP contribution in [0.3, 0.4) is 0 Å². The predicted octanol–water partition coefficient (Wildman–Crippen LogP) is 5.59. The van der Waals surface area contributed by atoms with Gasteiger partial charge in [0.2, 0.25) is 0 Å². The molecule has 0 aliphatic rings. The van der Waals surface area contributed by atoms with Crippen LogP contribution >= 0.6 is 11.6 Å². The molecule has 3 heteroatoms. The molecular weight excluding hydrogens is 306 g/mol. The average molecular weight is 322 g/mol. The molecule has 0 bridgehead atoms. The molecule has 0 amide bonds. The largest absolute Gasteiger partial charge is 0.507 e. The van der Waals surface area contributed by atoms with Crippen LogP contribution in [0.25, 0.3) is 23.3 Å². The molecule has 0 fully saturated rings. The first-order valence-corrected chi connectivity index (χ1v) is 7.71. The second-order valence-electron chi connectivity index (χ2n) is 5.27. The van der Waals surface area contributed by atoms with Crippen LogP contribution in [0.15, 0.2) is 60.7 Å². The number of benzene rings is 2. The van der Waals surface area contributed by atoms with Crippen molar-refractivity contribution in [2.24, 2.45) is 0 Å². The average Bonchev–Trinajstić information content (AvgIpc) is 2.55. The summed E-state index contributed by atoms with van der Waals surface area (Å²) >= 11 is 5.88. The van der Waals surface area contributed by atoms with Gasteiger partial charge in [-0.05, 0) is 42.8 Å². The third kappa shape index (κ3) is 3.61. The molecule has 0 saturated heterocycles. The Balaban J connectivity index is 1.88. The fraction of sp³-hybridized carbons (Fsp3) is 0.0500. The van der Waals surface area contributed by atoms with E-state index in [1.165, 1.54) is 0 Å². The molecule has 0 spiro atoms. The quantitative estimate of drug-likeness (QED) is 0.682. The van der Waals surface area contributed by atoms with Gasteiger partial charge in [0.05, 0.1) is 5.69 Å². The number of phenols is 1. The monoisotopic (exact) mass is 321 g/mol. The molecule has 0 atom stereocenters. The van der Waals surface area contributed by atoms with E-state index in [0.29, 0.717) is 0 Å². The zero-order valence-electron chi connectivity index (χ0n) is 12.7. The zero-order chi connectivity index (χ0) is 16.2. The Kier molecular flexibility index (Phi) is 4.45. The maximum absolute atomic E-state index is 9.98. The molecule has 2 aromatic carbocycles. The first kappa shape index (κ1) is 15.3. The minimum atomic E-state index is 0.266. The van der Waals surface area contributed by atoms with Crippen molar-refractivity contribution < 1.29 is 5.11 Å². The van der Waals surface area contributed by atoms with E-state index in [0.717, 1.165) is 33.1 Å². The summed E-state index contributed by atoms with van der Waals surface area (Å²) in [6.07, 6.45) is 3.96. The molecule has 0 aliphatic heterocycles. The number of halogens is 1. The number of aromatic nitrogens is 1. The van der Waals surface area contributed by atoms with Gasteiger partial charge in [-0.2, -0.15) is 0 Å². The highest BCUT2D eigenvalue weighted by Gasteiger charge is 2.07. The lowest BCUT2D eigenvalue weighted by Crippen LogP contribution is -1.90. The van der Waals surface area contributed by atoms with Gasteiger partial charge in [0.1, 0.15) is 5.75 Å². The number of hydrogen-bond acceptors (Lipinski definition) is 2. The lowest BCUT2D eigenvalue weighted by atomic mass is 10.0. The highest BCUT2D eigenvalue weighted by Crippen LogP contribution is 2.30. The third-order valence-electron chi connectivity index (χ3n) is 3.62. The van der Waals surface area contributed by atoms with E-state index in [9.17, 15) is 5.11 Å². The second kappa shape index (κ2) is 6.67. The maximum Gasteiger partial charge on any atom is 0.123 e. The van der Waals surface area contributed by atoms with Crippen LogP contribution in [0.4, 0.5) is 0 Å². The van der Waals surface area contributed by atoms with Crippen LogP contribution in [0.5, 0.6) is 5.75 Å². The highest BCUT2D eigenvalue weighted by atomic mass is 35.5. The van der Waals surface area contributed by atoms with Gasteiger partial charge in [0.15, 0.2) is 0 Å². The predicted molar refractivity (Wildman–Crippen MR) is 96.5 cm³/mol. The summed E-state index contributed by atoms with van der Waals surface area (Å²) < 4.78 is 0. The van der Waals surface area contributed by atoms with Crippen molar-refractivity contribution in [3.05, 3.63) is 82.6 Å². The van der Waals surface area contributed by atoms with Gasteiger partial charge >= 0.3 is 0 Å². The number of aryl methyl sites for hydroxylation is 1. The van der Waals surface area contributed by atoms with Crippen LogP contribution < -0.4 is 0 Å². The molecule has 1 aromatic heterocycles. The first-order chi connectivity index (χ1) is 11.1. The number of para-hydroxylation sites is 1. The van der Waals surface area contributed by atoms with Gasteiger partial charge in [0, 0.05) is 21.8 Å². The first-order valence-electron chi connectivity index (χ1n) is 7.33. The second-order valence-corrected chi connectivity index (χ2v) is 5.71. The van der Waals surface area contributed by atoms with Crippen molar-refractivity contribution in [2.45, 2.75) is 6.92 Å². The molecule has 1 heterocycles. The highest BCUT2D eigenvalue weighted by molar-refractivity contribution is 6.30. The van der Waals surface area contributed by atoms with E-state index in [1.807, 2.05) is 73.7 Å². The van der Waals surface area contributed by atoms with E-state index < -0.39 is 0 Å². The topological polar surface area (TPSA) is 33.1 Å². The SMILES string of the molecule is Cc1nc(C=Cc2ccc(Cl)cc2)ccc1-c1ccccc1O. The zero-order valence-corrected chi connectivity index (χ0v) is 13.5. The molecule has 0 aliphatic carbocycles. The summed E-state index contributed by atoms with van der Waals surface area (Å²) in [7, 11) is 0. The minimum absolute atomic E-state index is 0.266. The van der Waals surface area contributed by atoms with Crippen LogP contribution in [-0.2, 0) is 0 Å². The van der Waals surface area contributed by atoms with Gasteiger partial charge in [-0.15, -0.1) is 0 Å². The summed E-state index contributed by atoms with van der Waals surface area (Å²) in [5.74, 6) is 0.266. The van der Waals surface area contributed by atoms with Crippen molar-refractivity contribution >= 4 is 23.8 Å². The molecule has 23 heavy (non-hydrogen) atoms. The Hall–Kier alpha value is -2.58. The summed E-state index contributed by atoms with van der Waals surface area (Å²) in [6.45, 7) is 1.95. The van der Waals surface area contributed by atoms with E-state index in [-0.39, 0.29) is 5.75 Å². The third-order valence-corrected chi connectivity index (χ3v) is 3.87. The maximum atomic E-state index is 9.98. The van der Waals surface area contributed by atoms with E-state index >= 15 is 0 Å². The molecule has 0 unspecified atom stereocenters. The van der Waals surface area contributed by atoms with Crippen molar-refractivity contribution in [3.63, 3.8) is 0 Å². The van der Waals surface area contributed by atoms with Gasteiger partial charge in [0.25, 0.3) is 0 Å². The van der Waals surface area contributed by atoms with Gasteiger partial charge < -0.3 is 5.11 Å². The fourth-order valence-corrected chi connectivity index (χ4v) is 2.54. The van der Waals surface area contributed by atoms with Gasteiger partial charge in [-0.3, -0.25) is 4.98 Å². The lowest BCUT2D eigenvalue weighted by molar-refractivity contribution is 0.477. The molecule has 114 valence electrons. The Morgan fingerprint density at radius 2 is 1.61 bits per heavy atom. The normalized spacial score (nSPS) is 11.0. The lowest BCUT2D eigenvalue weighted by Gasteiger charge is -2.08. The van der Waals surface area contributed by atoms with Gasteiger partial charge in [-0.1, -0.05) is 54.1 Å². The summed E-state index contributed by atoms with van der Waals surface area (Å²) in [5.41, 5.74) is 4.55. The van der Waals surface area contributed by atoms with Crippen molar-refractivity contribution in [2.75, 3.05) is 0 Å². The van der Waals surface area contributed by atoms with Crippen LogP contribution in [-0.4, -0.2) is 10.1 Å². The van der Waals surface area contributed by atoms with E-state index in [2.05, 4.69) is 4.98 Å². The van der Waals surface area contributed by atoms with Gasteiger partial charge in [-0.25, -0.2) is 0 Å². The summed E-state index contributed by atoms with van der Waals surface area (Å²) in [4.78, 5) is 4.60. The molecular formula is C20H16ClNO. The molecule has 3 rings (SSSR count). The summed E-state index contributed by atoms with van der Waals surface area (Å²) in [6, 6.07) is 18.9.